The first-order chi connectivity index (χ1) is 11.3. The fraction of sp³-hybridized carbons (Fsp3) is 0.294. The number of aromatic nitrogens is 2. The second-order valence-corrected chi connectivity index (χ2v) is 4.84. The summed E-state index contributed by atoms with van der Waals surface area (Å²) in [5, 5.41) is 13.3. The van der Waals surface area contributed by atoms with Gasteiger partial charge in [-0.2, -0.15) is 5.10 Å². The predicted molar refractivity (Wildman–Crippen MR) is 108 cm³/mol. The van der Waals surface area contributed by atoms with Crippen molar-refractivity contribution in [1.82, 2.24) is 20.8 Å². The summed E-state index contributed by atoms with van der Waals surface area (Å²) in [7, 11) is 0. The molecule has 0 bridgehead atoms. The quantitative estimate of drug-likeness (QED) is 0.255. The number of para-hydroxylation sites is 1. The normalized spacial score (nSPS) is 10.6. The highest BCUT2D eigenvalue weighted by Crippen LogP contribution is 2.18. The van der Waals surface area contributed by atoms with Crippen molar-refractivity contribution in [2.24, 2.45) is 4.99 Å². The largest absolute Gasteiger partial charge is 0.489 e. The number of rotatable bonds is 8. The van der Waals surface area contributed by atoms with E-state index in [0.29, 0.717) is 19.7 Å². The maximum absolute atomic E-state index is 5.66. The van der Waals surface area contributed by atoms with E-state index in [2.05, 4.69) is 32.4 Å². The van der Waals surface area contributed by atoms with Gasteiger partial charge in [0.15, 0.2) is 5.96 Å². The Labute approximate surface area is 159 Å². The zero-order valence-corrected chi connectivity index (χ0v) is 16.1. The van der Waals surface area contributed by atoms with Gasteiger partial charge in [-0.25, -0.2) is 4.99 Å². The van der Waals surface area contributed by atoms with Gasteiger partial charge in [-0.1, -0.05) is 30.9 Å². The zero-order chi connectivity index (χ0) is 16.3. The van der Waals surface area contributed by atoms with Crippen molar-refractivity contribution < 1.29 is 4.74 Å². The number of aliphatic imine (C=N–C) groups is 1. The molecular formula is C17H24IN5O. The van der Waals surface area contributed by atoms with Crippen LogP contribution >= 0.6 is 24.0 Å². The number of H-pyrrole nitrogens is 1. The Morgan fingerprint density at radius 2 is 2.17 bits per heavy atom. The number of hydrogen-bond acceptors (Lipinski definition) is 3. The van der Waals surface area contributed by atoms with Gasteiger partial charge in [-0.3, -0.25) is 5.10 Å². The first-order valence-electron chi connectivity index (χ1n) is 7.65. The number of ether oxygens (including phenoxy) is 1. The molecule has 2 rings (SSSR count). The molecule has 1 heterocycles. The summed E-state index contributed by atoms with van der Waals surface area (Å²) in [4.78, 5) is 4.61. The molecule has 0 aliphatic carbocycles. The highest BCUT2D eigenvalue weighted by molar-refractivity contribution is 14.0. The second kappa shape index (κ2) is 11.5. The van der Waals surface area contributed by atoms with Crippen LogP contribution in [0.5, 0.6) is 5.75 Å². The van der Waals surface area contributed by atoms with Crippen molar-refractivity contribution in [1.29, 1.82) is 0 Å². The molecule has 0 atom stereocenters. The van der Waals surface area contributed by atoms with Crippen LogP contribution in [-0.2, 0) is 13.1 Å². The molecule has 24 heavy (non-hydrogen) atoms. The van der Waals surface area contributed by atoms with Gasteiger partial charge in [0.25, 0.3) is 0 Å². The maximum Gasteiger partial charge on any atom is 0.191 e. The average Bonchev–Trinajstić information content (AvgIpc) is 3.09. The fourth-order valence-corrected chi connectivity index (χ4v) is 1.99. The van der Waals surface area contributed by atoms with Crippen LogP contribution in [0, 0.1) is 0 Å². The minimum absolute atomic E-state index is 0. The molecule has 3 N–H and O–H groups in total. The van der Waals surface area contributed by atoms with E-state index in [4.69, 9.17) is 4.74 Å². The summed E-state index contributed by atoms with van der Waals surface area (Å²) >= 11 is 0. The number of benzene rings is 1. The molecule has 1 aromatic carbocycles. The van der Waals surface area contributed by atoms with Gasteiger partial charge in [-0.05, 0) is 19.1 Å². The minimum atomic E-state index is 0. The van der Waals surface area contributed by atoms with Crippen LogP contribution in [0.15, 0.2) is 54.2 Å². The molecule has 0 saturated heterocycles. The number of nitrogens with one attached hydrogen (secondary N) is 3. The molecule has 0 amide bonds. The Hall–Kier alpha value is -2.03. The molecule has 0 aliphatic rings. The highest BCUT2D eigenvalue weighted by Gasteiger charge is 2.03. The van der Waals surface area contributed by atoms with Crippen LogP contribution in [0.3, 0.4) is 0 Å². The Morgan fingerprint density at radius 1 is 1.33 bits per heavy atom. The smallest absolute Gasteiger partial charge is 0.191 e. The van der Waals surface area contributed by atoms with Crippen molar-refractivity contribution in [2.75, 3.05) is 13.2 Å². The first kappa shape index (κ1) is 20.0. The number of halogens is 1. The van der Waals surface area contributed by atoms with E-state index in [9.17, 15) is 0 Å². The third-order valence-corrected chi connectivity index (χ3v) is 3.09. The van der Waals surface area contributed by atoms with E-state index in [-0.39, 0.29) is 24.0 Å². The summed E-state index contributed by atoms with van der Waals surface area (Å²) in [6.07, 6.45) is 3.46. The van der Waals surface area contributed by atoms with Gasteiger partial charge in [0, 0.05) is 18.3 Å². The molecule has 0 spiro atoms. The monoisotopic (exact) mass is 441 g/mol. The fourth-order valence-electron chi connectivity index (χ4n) is 1.99. The van der Waals surface area contributed by atoms with E-state index >= 15 is 0 Å². The lowest BCUT2D eigenvalue weighted by Gasteiger charge is -2.12. The molecule has 130 valence electrons. The number of aromatic amines is 1. The van der Waals surface area contributed by atoms with E-state index in [0.717, 1.165) is 29.5 Å². The van der Waals surface area contributed by atoms with E-state index < -0.39 is 0 Å². The van der Waals surface area contributed by atoms with E-state index in [1.165, 1.54) is 0 Å². The SMILES string of the molecule is C=CCOc1ccccc1CN=C(NCC)NCc1ccn[nH]1.I. The van der Waals surface area contributed by atoms with Crippen LogP contribution in [0.2, 0.25) is 0 Å². The summed E-state index contributed by atoms with van der Waals surface area (Å²) in [5.41, 5.74) is 2.04. The van der Waals surface area contributed by atoms with Gasteiger partial charge in [0.05, 0.1) is 18.8 Å². The number of guanidine groups is 1. The Kier molecular flexibility index (Phi) is 9.59. The van der Waals surface area contributed by atoms with E-state index in [1.54, 1.807) is 12.3 Å². The molecule has 0 fully saturated rings. The van der Waals surface area contributed by atoms with Crippen molar-refractivity contribution >= 4 is 29.9 Å². The zero-order valence-electron chi connectivity index (χ0n) is 13.8. The molecule has 1 aromatic heterocycles. The molecule has 0 aliphatic heterocycles. The molecule has 0 saturated carbocycles. The predicted octanol–water partition coefficient (Wildman–Crippen LogP) is 2.85. The summed E-state index contributed by atoms with van der Waals surface area (Å²) < 4.78 is 5.66. The molecular weight excluding hydrogens is 417 g/mol. The molecule has 2 aromatic rings. The standard InChI is InChI=1S/C17H23N5O.HI/c1-3-11-23-16-8-6-5-7-14(16)12-19-17(18-4-2)20-13-15-9-10-21-22-15;/h3,5-10H,1,4,11-13H2,2H3,(H,21,22)(H2,18,19,20);1H. The Bertz CT molecular complexity index is 628. The van der Waals surface area contributed by atoms with Gasteiger partial charge in [0.1, 0.15) is 12.4 Å². The summed E-state index contributed by atoms with van der Waals surface area (Å²) in [5.74, 6) is 1.58. The second-order valence-electron chi connectivity index (χ2n) is 4.84. The Morgan fingerprint density at radius 3 is 2.88 bits per heavy atom. The van der Waals surface area contributed by atoms with Crippen molar-refractivity contribution in [3.63, 3.8) is 0 Å². The third-order valence-electron chi connectivity index (χ3n) is 3.09. The number of hydrogen-bond donors (Lipinski definition) is 3. The lowest BCUT2D eigenvalue weighted by Crippen LogP contribution is -2.36. The lowest BCUT2D eigenvalue weighted by atomic mass is 10.2. The van der Waals surface area contributed by atoms with Gasteiger partial charge in [0.2, 0.25) is 0 Å². The van der Waals surface area contributed by atoms with E-state index in [1.807, 2.05) is 37.3 Å². The Balaban J connectivity index is 0.00000288. The van der Waals surface area contributed by atoms with Gasteiger partial charge >= 0.3 is 0 Å². The first-order valence-corrected chi connectivity index (χ1v) is 7.65. The van der Waals surface area contributed by atoms with Crippen molar-refractivity contribution in [3.05, 3.63) is 60.4 Å². The molecule has 0 unspecified atom stereocenters. The van der Waals surface area contributed by atoms with Crippen LogP contribution in [0.1, 0.15) is 18.2 Å². The lowest BCUT2D eigenvalue weighted by molar-refractivity contribution is 0.359. The van der Waals surface area contributed by atoms with Crippen LogP contribution in [-0.4, -0.2) is 29.3 Å². The maximum atomic E-state index is 5.66. The highest BCUT2D eigenvalue weighted by atomic mass is 127. The third kappa shape index (κ3) is 6.61. The molecule has 6 nitrogen and oxygen atoms in total. The number of nitrogens with zero attached hydrogens (tertiary/aromatic N) is 2. The topological polar surface area (TPSA) is 74.3 Å². The molecule has 0 radical (unpaired) electrons. The summed E-state index contributed by atoms with van der Waals surface area (Å²) in [6, 6.07) is 9.82. The average molecular weight is 441 g/mol. The van der Waals surface area contributed by atoms with Crippen LogP contribution in [0.25, 0.3) is 0 Å². The van der Waals surface area contributed by atoms with Gasteiger partial charge in [-0.15, -0.1) is 24.0 Å². The van der Waals surface area contributed by atoms with Crippen molar-refractivity contribution in [2.45, 2.75) is 20.0 Å². The minimum Gasteiger partial charge on any atom is -0.489 e. The molecule has 7 heteroatoms. The van der Waals surface area contributed by atoms with Crippen LogP contribution in [0.4, 0.5) is 0 Å². The van der Waals surface area contributed by atoms with Gasteiger partial charge < -0.3 is 15.4 Å². The van der Waals surface area contributed by atoms with Crippen LogP contribution < -0.4 is 15.4 Å². The summed E-state index contributed by atoms with van der Waals surface area (Å²) in [6.45, 7) is 8.16. The van der Waals surface area contributed by atoms with Crippen molar-refractivity contribution in [3.8, 4) is 5.75 Å².